The molecule has 0 aliphatic heterocycles. The summed E-state index contributed by atoms with van der Waals surface area (Å²) in [6.07, 6.45) is -0.0268. The Morgan fingerprint density at radius 1 is 1.17 bits per heavy atom. The van der Waals surface area contributed by atoms with Crippen LogP contribution in [0.5, 0.6) is 5.75 Å². The van der Waals surface area contributed by atoms with Gasteiger partial charge < -0.3 is 4.74 Å². The van der Waals surface area contributed by atoms with Gasteiger partial charge in [-0.3, -0.25) is 4.79 Å². The molecule has 0 heterocycles. The Balaban J connectivity index is 1.73. The third kappa shape index (κ3) is 2.99. The number of carbonyl (C=O) groups is 1. The van der Waals surface area contributed by atoms with Crippen LogP contribution in [0.2, 0.25) is 0 Å². The van der Waals surface area contributed by atoms with Crippen LogP contribution in [-0.2, 0) is 20.5 Å². The number of halogens is 1. The van der Waals surface area contributed by atoms with Gasteiger partial charge in [-0.05, 0) is 29.8 Å². The molecule has 24 heavy (non-hydrogen) atoms. The standard InChI is InChI=1S/C17H16FNO4S/c1-23-13-7-9-14(10-8-13)24(21,22)19-16(20)15-11-17(15,18)12-5-3-2-4-6-12/h2-10,15H,11H2,1H3,(H,19,20). The number of carbonyl (C=O) groups excluding carboxylic acids is 1. The second-order valence-corrected chi connectivity index (χ2v) is 7.31. The monoisotopic (exact) mass is 349 g/mol. The second kappa shape index (κ2) is 5.90. The molecule has 2 aromatic carbocycles. The number of amides is 1. The number of ether oxygens (including phenoxy) is 1. The summed E-state index contributed by atoms with van der Waals surface area (Å²) in [5.41, 5.74) is -1.42. The van der Waals surface area contributed by atoms with Gasteiger partial charge in [0.15, 0.2) is 0 Å². The van der Waals surface area contributed by atoms with Crippen molar-refractivity contribution in [3.63, 3.8) is 0 Å². The van der Waals surface area contributed by atoms with Gasteiger partial charge in [0.1, 0.15) is 11.4 Å². The highest BCUT2D eigenvalue weighted by Crippen LogP contribution is 2.55. The number of nitrogens with one attached hydrogen (secondary N) is 1. The summed E-state index contributed by atoms with van der Waals surface area (Å²) in [7, 11) is -2.58. The lowest BCUT2D eigenvalue weighted by Crippen LogP contribution is -2.33. The first-order valence-corrected chi connectivity index (χ1v) is 8.80. The molecule has 1 fully saturated rings. The van der Waals surface area contributed by atoms with Gasteiger partial charge in [-0.1, -0.05) is 30.3 Å². The number of hydrogen-bond donors (Lipinski definition) is 1. The van der Waals surface area contributed by atoms with E-state index < -0.39 is 27.5 Å². The van der Waals surface area contributed by atoms with Crippen molar-refractivity contribution in [1.29, 1.82) is 0 Å². The highest BCUT2D eigenvalue weighted by atomic mass is 32.2. The average molecular weight is 349 g/mol. The van der Waals surface area contributed by atoms with Crippen LogP contribution in [0.25, 0.3) is 0 Å². The predicted molar refractivity (Wildman–Crippen MR) is 85.7 cm³/mol. The predicted octanol–water partition coefficient (Wildman–Crippen LogP) is 2.39. The van der Waals surface area contributed by atoms with Crippen molar-refractivity contribution in [3.8, 4) is 5.75 Å². The molecular formula is C17H16FNO4S. The third-order valence-corrected chi connectivity index (χ3v) is 5.43. The van der Waals surface area contributed by atoms with Gasteiger partial charge in [0.25, 0.3) is 10.0 Å². The molecule has 1 aliphatic carbocycles. The van der Waals surface area contributed by atoms with Crippen LogP contribution >= 0.6 is 0 Å². The third-order valence-electron chi connectivity index (χ3n) is 4.07. The maximum atomic E-state index is 14.8. The number of rotatable bonds is 5. The maximum absolute atomic E-state index is 14.8. The van der Waals surface area contributed by atoms with E-state index in [9.17, 15) is 17.6 Å². The number of alkyl halides is 1. The molecule has 126 valence electrons. The van der Waals surface area contributed by atoms with Crippen molar-refractivity contribution in [1.82, 2.24) is 4.72 Å². The molecule has 1 aliphatic rings. The Hall–Kier alpha value is -2.41. The van der Waals surface area contributed by atoms with Crippen LogP contribution in [-0.4, -0.2) is 21.4 Å². The highest BCUT2D eigenvalue weighted by Gasteiger charge is 2.61. The molecule has 0 spiro atoms. The molecule has 0 aromatic heterocycles. The minimum Gasteiger partial charge on any atom is -0.497 e. The number of benzene rings is 2. The first-order valence-electron chi connectivity index (χ1n) is 7.32. The Morgan fingerprint density at radius 3 is 2.38 bits per heavy atom. The topological polar surface area (TPSA) is 72.5 Å². The van der Waals surface area contributed by atoms with Crippen LogP contribution in [0.1, 0.15) is 12.0 Å². The summed E-state index contributed by atoms with van der Waals surface area (Å²) in [5.74, 6) is -1.35. The van der Waals surface area contributed by atoms with E-state index >= 15 is 0 Å². The first-order chi connectivity index (χ1) is 11.4. The van der Waals surface area contributed by atoms with Crippen LogP contribution in [0.4, 0.5) is 4.39 Å². The molecule has 2 unspecified atom stereocenters. The van der Waals surface area contributed by atoms with E-state index in [0.717, 1.165) is 0 Å². The van der Waals surface area contributed by atoms with E-state index in [-0.39, 0.29) is 11.3 Å². The Morgan fingerprint density at radius 2 is 1.79 bits per heavy atom. The fourth-order valence-electron chi connectivity index (χ4n) is 2.59. The molecule has 5 nitrogen and oxygen atoms in total. The van der Waals surface area contributed by atoms with Gasteiger partial charge in [-0.15, -0.1) is 0 Å². The zero-order valence-corrected chi connectivity index (χ0v) is 13.7. The lowest BCUT2D eigenvalue weighted by molar-refractivity contribution is -0.121. The lowest BCUT2D eigenvalue weighted by Gasteiger charge is -2.10. The summed E-state index contributed by atoms with van der Waals surface area (Å²) >= 11 is 0. The SMILES string of the molecule is COc1ccc(S(=O)(=O)NC(=O)C2CC2(F)c2ccccc2)cc1. The van der Waals surface area contributed by atoms with Gasteiger partial charge in [-0.25, -0.2) is 17.5 Å². The van der Waals surface area contributed by atoms with Crippen LogP contribution in [0.15, 0.2) is 59.5 Å². The molecule has 3 rings (SSSR count). The second-order valence-electron chi connectivity index (χ2n) is 5.63. The summed E-state index contributed by atoms with van der Waals surface area (Å²) in [6, 6.07) is 13.9. The van der Waals surface area contributed by atoms with Gasteiger partial charge in [0.2, 0.25) is 5.91 Å². The highest BCUT2D eigenvalue weighted by molar-refractivity contribution is 7.90. The first kappa shape index (κ1) is 16.4. The Bertz CT molecular complexity index is 852. The van der Waals surface area contributed by atoms with Crippen molar-refractivity contribution >= 4 is 15.9 Å². The molecule has 0 saturated heterocycles. The molecule has 2 aromatic rings. The van der Waals surface area contributed by atoms with Crippen molar-refractivity contribution in [2.45, 2.75) is 17.0 Å². The van der Waals surface area contributed by atoms with Gasteiger partial charge in [-0.2, -0.15) is 0 Å². The normalized spacial score (nSPS) is 22.7. The number of methoxy groups -OCH3 is 1. The fourth-order valence-corrected chi connectivity index (χ4v) is 3.61. The van der Waals surface area contributed by atoms with Crippen molar-refractivity contribution in [3.05, 3.63) is 60.2 Å². The molecule has 1 N–H and O–H groups in total. The van der Waals surface area contributed by atoms with E-state index in [0.29, 0.717) is 11.3 Å². The molecule has 0 radical (unpaired) electrons. The minimum atomic E-state index is -4.04. The molecular weight excluding hydrogens is 333 g/mol. The molecule has 0 bridgehead atoms. The zero-order valence-electron chi connectivity index (χ0n) is 12.9. The quantitative estimate of drug-likeness (QED) is 0.900. The summed E-state index contributed by atoms with van der Waals surface area (Å²) in [4.78, 5) is 12.1. The van der Waals surface area contributed by atoms with Crippen molar-refractivity contribution < 1.29 is 22.3 Å². The van der Waals surface area contributed by atoms with Crippen molar-refractivity contribution in [2.24, 2.45) is 5.92 Å². The summed E-state index contributed by atoms with van der Waals surface area (Å²) in [6.45, 7) is 0. The smallest absolute Gasteiger partial charge is 0.264 e. The molecule has 2 atom stereocenters. The molecule has 1 amide bonds. The van der Waals surface area contributed by atoms with E-state index in [1.54, 1.807) is 30.3 Å². The average Bonchev–Trinajstić information content (AvgIpc) is 3.29. The van der Waals surface area contributed by atoms with Crippen LogP contribution < -0.4 is 9.46 Å². The molecule has 1 saturated carbocycles. The number of hydrogen-bond acceptors (Lipinski definition) is 4. The van der Waals surface area contributed by atoms with E-state index in [2.05, 4.69) is 0 Å². The zero-order chi connectivity index (χ0) is 17.4. The largest absolute Gasteiger partial charge is 0.497 e. The summed E-state index contributed by atoms with van der Waals surface area (Å²) in [5, 5.41) is 0. The van der Waals surface area contributed by atoms with E-state index in [4.69, 9.17) is 4.74 Å². The van der Waals surface area contributed by atoms with Crippen LogP contribution in [0, 0.1) is 5.92 Å². The Labute approximate surface area is 139 Å². The summed E-state index contributed by atoms with van der Waals surface area (Å²) < 4.78 is 46.1. The van der Waals surface area contributed by atoms with Crippen LogP contribution in [0.3, 0.4) is 0 Å². The van der Waals surface area contributed by atoms with Gasteiger partial charge in [0.05, 0.1) is 17.9 Å². The maximum Gasteiger partial charge on any atom is 0.264 e. The van der Waals surface area contributed by atoms with E-state index in [1.165, 1.54) is 31.4 Å². The van der Waals surface area contributed by atoms with E-state index in [1.807, 2.05) is 4.72 Å². The number of sulfonamides is 1. The van der Waals surface area contributed by atoms with Gasteiger partial charge >= 0.3 is 0 Å². The Kier molecular flexibility index (Phi) is 4.04. The minimum absolute atomic E-state index is 0.0268. The fraction of sp³-hybridized carbons (Fsp3) is 0.235. The van der Waals surface area contributed by atoms with Crippen molar-refractivity contribution in [2.75, 3.05) is 7.11 Å². The lowest BCUT2D eigenvalue weighted by atomic mass is 10.1. The van der Waals surface area contributed by atoms with Gasteiger partial charge in [0, 0.05) is 6.42 Å². The molecule has 7 heteroatoms.